The van der Waals surface area contributed by atoms with E-state index in [1.807, 2.05) is 27.7 Å². The number of rotatable bonds is 4. The van der Waals surface area contributed by atoms with Crippen molar-refractivity contribution >= 4 is 5.97 Å². The van der Waals surface area contributed by atoms with E-state index in [4.69, 9.17) is 14.2 Å². The first-order valence-electron chi connectivity index (χ1n) is 8.85. The molecule has 1 fully saturated rings. The van der Waals surface area contributed by atoms with Crippen LogP contribution < -0.4 is 9.47 Å². The molecule has 3 rings (SSSR count). The fourth-order valence-electron chi connectivity index (χ4n) is 4.16. The number of carbonyl (C=O) groups is 1. The first kappa shape index (κ1) is 18.3. The molecule has 1 heterocycles. The Morgan fingerprint density at radius 2 is 1.19 bits per heavy atom. The lowest BCUT2D eigenvalue weighted by molar-refractivity contribution is -0.146. The molecule has 1 aliphatic heterocycles. The molecule has 0 saturated carbocycles. The number of aryl methyl sites for hydroxylation is 4. The average molecular weight is 354 g/mol. The largest absolute Gasteiger partial charge is 0.496 e. The highest BCUT2D eigenvalue weighted by atomic mass is 16.6. The third-order valence-corrected chi connectivity index (χ3v) is 5.23. The molecule has 0 unspecified atom stereocenters. The minimum absolute atomic E-state index is 0.165. The molecule has 1 saturated heterocycles. The van der Waals surface area contributed by atoms with Crippen LogP contribution >= 0.6 is 0 Å². The molecule has 4 nitrogen and oxygen atoms in total. The SMILES string of the molecule is COc1c(C)cc(C2(c3cc(C)c(OC)c(C)c3)CCC(=O)O2)cc1C. The maximum Gasteiger partial charge on any atom is 0.307 e. The second-order valence-electron chi connectivity index (χ2n) is 7.09. The van der Waals surface area contributed by atoms with Gasteiger partial charge in [0.2, 0.25) is 0 Å². The van der Waals surface area contributed by atoms with E-state index in [0.717, 1.165) is 44.9 Å². The molecule has 0 bridgehead atoms. The highest BCUT2D eigenvalue weighted by Crippen LogP contribution is 2.46. The molecular formula is C22H26O4. The third kappa shape index (κ3) is 2.83. The fraction of sp³-hybridized carbons (Fsp3) is 0.409. The Hall–Kier alpha value is -2.49. The summed E-state index contributed by atoms with van der Waals surface area (Å²) in [5, 5.41) is 0. The van der Waals surface area contributed by atoms with Gasteiger partial charge < -0.3 is 14.2 Å². The lowest BCUT2D eigenvalue weighted by Crippen LogP contribution is -2.28. The van der Waals surface area contributed by atoms with Gasteiger partial charge in [-0.2, -0.15) is 0 Å². The number of cyclic esters (lactones) is 1. The first-order chi connectivity index (χ1) is 12.3. The van der Waals surface area contributed by atoms with Crippen molar-refractivity contribution in [1.29, 1.82) is 0 Å². The van der Waals surface area contributed by atoms with Gasteiger partial charge in [-0.1, -0.05) is 0 Å². The van der Waals surface area contributed by atoms with Crippen molar-refractivity contribution in [3.8, 4) is 11.5 Å². The molecule has 0 spiro atoms. The maximum absolute atomic E-state index is 12.1. The number of carbonyl (C=O) groups excluding carboxylic acids is 1. The Labute approximate surface area is 155 Å². The Bertz CT molecular complexity index is 761. The molecule has 2 aromatic carbocycles. The van der Waals surface area contributed by atoms with Gasteiger partial charge in [-0.3, -0.25) is 4.79 Å². The maximum atomic E-state index is 12.1. The number of methoxy groups -OCH3 is 2. The van der Waals surface area contributed by atoms with Crippen molar-refractivity contribution in [2.24, 2.45) is 0 Å². The van der Waals surface area contributed by atoms with E-state index in [0.29, 0.717) is 12.8 Å². The van der Waals surface area contributed by atoms with Gasteiger partial charge >= 0.3 is 5.97 Å². The molecule has 0 radical (unpaired) electrons. The lowest BCUT2D eigenvalue weighted by Gasteiger charge is -2.31. The number of esters is 1. The van der Waals surface area contributed by atoms with Crippen LogP contribution in [-0.2, 0) is 15.1 Å². The standard InChI is InChI=1S/C22H26O4/c1-13-9-17(10-14(2)20(13)24-5)22(8-7-19(23)26-22)18-11-15(3)21(25-6)16(4)12-18/h9-12H,7-8H2,1-6H3. The van der Waals surface area contributed by atoms with E-state index < -0.39 is 5.60 Å². The zero-order chi connectivity index (χ0) is 19.1. The number of benzene rings is 2. The number of hydrogen-bond donors (Lipinski definition) is 0. The van der Waals surface area contributed by atoms with Crippen molar-refractivity contribution in [1.82, 2.24) is 0 Å². The molecule has 0 amide bonds. The van der Waals surface area contributed by atoms with Crippen molar-refractivity contribution in [2.45, 2.75) is 46.1 Å². The van der Waals surface area contributed by atoms with E-state index >= 15 is 0 Å². The smallest absolute Gasteiger partial charge is 0.307 e. The monoisotopic (exact) mass is 354 g/mol. The van der Waals surface area contributed by atoms with Crippen LogP contribution in [0.2, 0.25) is 0 Å². The lowest BCUT2D eigenvalue weighted by atomic mass is 9.81. The topological polar surface area (TPSA) is 44.8 Å². The quantitative estimate of drug-likeness (QED) is 0.758. The van der Waals surface area contributed by atoms with Gasteiger partial charge in [-0.05, 0) is 74.2 Å². The Morgan fingerprint density at radius 3 is 1.46 bits per heavy atom. The molecule has 0 aliphatic carbocycles. The fourth-order valence-corrected chi connectivity index (χ4v) is 4.16. The third-order valence-electron chi connectivity index (χ3n) is 5.23. The minimum Gasteiger partial charge on any atom is -0.496 e. The normalized spacial score (nSPS) is 15.7. The second kappa shape index (κ2) is 6.67. The van der Waals surface area contributed by atoms with Gasteiger partial charge in [-0.15, -0.1) is 0 Å². The van der Waals surface area contributed by atoms with Crippen LogP contribution in [-0.4, -0.2) is 20.2 Å². The van der Waals surface area contributed by atoms with Gasteiger partial charge in [0, 0.05) is 17.5 Å². The van der Waals surface area contributed by atoms with Crippen molar-refractivity contribution in [2.75, 3.05) is 14.2 Å². The van der Waals surface area contributed by atoms with E-state index in [2.05, 4.69) is 24.3 Å². The van der Waals surface area contributed by atoms with Crippen LogP contribution in [0.4, 0.5) is 0 Å². The van der Waals surface area contributed by atoms with Crippen LogP contribution in [0.5, 0.6) is 11.5 Å². The van der Waals surface area contributed by atoms with Crippen LogP contribution in [0.25, 0.3) is 0 Å². The zero-order valence-corrected chi connectivity index (χ0v) is 16.4. The van der Waals surface area contributed by atoms with Gasteiger partial charge in [0.15, 0.2) is 5.60 Å². The predicted octanol–water partition coefficient (Wildman–Crippen LogP) is 4.52. The summed E-state index contributed by atoms with van der Waals surface area (Å²) in [6.45, 7) is 8.07. The van der Waals surface area contributed by atoms with Crippen LogP contribution in [0, 0.1) is 27.7 Å². The molecule has 0 atom stereocenters. The number of hydrogen-bond acceptors (Lipinski definition) is 4. The molecule has 1 aliphatic rings. The highest BCUT2D eigenvalue weighted by molar-refractivity contribution is 5.74. The Morgan fingerprint density at radius 1 is 0.808 bits per heavy atom. The zero-order valence-electron chi connectivity index (χ0n) is 16.4. The molecule has 26 heavy (non-hydrogen) atoms. The van der Waals surface area contributed by atoms with Gasteiger partial charge in [0.25, 0.3) is 0 Å². The van der Waals surface area contributed by atoms with E-state index in [9.17, 15) is 4.79 Å². The average Bonchev–Trinajstić information content (AvgIpc) is 2.97. The molecule has 0 N–H and O–H groups in total. The van der Waals surface area contributed by atoms with Crippen LogP contribution in [0.1, 0.15) is 46.2 Å². The van der Waals surface area contributed by atoms with E-state index in [1.165, 1.54) is 0 Å². The highest BCUT2D eigenvalue weighted by Gasteiger charge is 2.44. The first-order valence-corrected chi connectivity index (χ1v) is 8.85. The van der Waals surface area contributed by atoms with Gasteiger partial charge in [-0.25, -0.2) is 0 Å². The minimum atomic E-state index is -0.763. The summed E-state index contributed by atoms with van der Waals surface area (Å²) in [5.74, 6) is 1.58. The number of ether oxygens (including phenoxy) is 3. The second-order valence-corrected chi connectivity index (χ2v) is 7.09. The predicted molar refractivity (Wildman–Crippen MR) is 101 cm³/mol. The van der Waals surface area contributed by atoms with Crippen LogP contribution in [0.3, 0.4) is 0 Å². The molecule has 138 valence electrons. The van der Waals surface area contributed by atoms with Crippen molar-refractivity contribution in [3.63, 3.8) is 0 Å². The molecule has 0 aromatic heterocycles. The summed E-state index contributed by atoms with van der Waals surface area (Å²) in [6, 6.07) is 8.28. The summed E-state index contributed by atoms with van der Waals surface area (Å²) in [6.07, 6.45) is 1.04. The summed E-state index contributed by atoms with van der Waals surface area (Å²) in [7, 11) is 3.35. The van der Waals surface area contributed by atoms with Gasteiger partial charge in [0.1, 0.15) is 11.5 Å². The van der Waals surface area contributed by atoms with Gasteiger partial charge in [0.05, 0.1) is 20.6 Å². The summed E-state index contributed by atoms with van der Waals surface area (Å²) in [5.41, 5.74) is 5.35. The Balaban J connectivity index is 2.23. The van der Waals surface area contributed by atoms with E-state index in [-0.39, 0.29) is 5.97 Å². The van der Waals surface area contributed by atoms with Crippen LogP contribution in [0.15, 0.2) is 24.3 Å². The molecular weight excluding hydrogens is 328 g/mol. The summed E-state index contributed by atoms with van der Waals surface area (Å²) < 4.78 is 17.0. The summed E-state index contributed by atoms with van der Waals surface area (Å²) in [4.78, 5) is 12.1. The van der Waals surface area contributed by atoms with E-state index in [1.54, 1.807) is 14.2 Å². The molecule has 2 aromatic rings. The van der Waals surface area contributed by atoms with Crippen molar-refractivity contribution in [3.05, 3.63) is 57.6 Å². The molecule has 4 heteroatoms. The van der Waals surface area contributed by atoms with Crippen molar-refractivity contribution < 1.29 is 19.0 Å². The summed E-state index contributed by atoms with van der Waals surface area (Å²) >= 11 is 0. The Kier molecular flexibility index (Phi) is 4.70.